The van der Waals surface area contributed by atoms with Crippen molar-refractivity contribution in [3.63, 3.8) is 0 Å². The molecule has 0 aliphatic carbocycles. The van der Waals surface area contributed by atoms with E-state index in [1.54, 1.807) is 0 Å². The second kappa shape index (κ2) is 10.8. The fourth-order valence-electron chi connectivity index (χ4n) is 4.87. The van der Waals surface area contributed by atoms with Crippen LogP contribution in [0.4, 0.5) is 4.39 Å². The lowest BCUT2D eigenvalue weighted by atomic mass is 9.83. The van der Waals surface area contributed by atoms with Gasteiger partial charge in [-0.3, -0.25) is 9.69 Å². The Hall–Kier alpha value is -2.30. The van der Waals surface area contributed by atoms with Crippen LogP contribution >= 0.6 is 0 Å². The standard InChI is InChI=1S/C27H33FN2O/c28-25-11-8-22(9-12-25)19-23-10-13-26(29-20-23)27(31)24-14-17-30(18-15-24)16-4-7-21-5-2-1-3-6-21/h1-9,11-12,23-24,26,29H,10,13-20H2. The van der Waals surface area contributed by atoms with E-state index in [-0.39, 0.29) is 17.8 Å². The average molecular weight is 421 g/mol. The number of Topliss-reactive ketones (excluding diaryl/α,β-unsaturated/α-hetero) is 1. The van der Waals surface area contributed by atoms with Crippen LogP contribution in [0.15, 0.2) is 60.7 Å². The van der Waals surface area contributed by atoms with Crippen LogP contribution in [0.5, 0.6) is 0 Å². The number of ketones is 1. The molecule has 4 rings (SSSR count). The molecule has 0 aromatic heterocycles. The first kappa shape index (κ1) is 21.9. The van der Waals surface area contributed by atoms with Crippen molar-refractivity contribution in [2.75, 3.05) is 26.2 Å². The zero-order chi connectivity index (χ0) is 21.5. The van der Waals surface area contributed by atoms with Crippen LogP contribution in [0.2, 0.25) is 0 Å². The highest BCUT2D eigenvalue weighted by Gasteiger charge is 2.32. The van der Waals surface area contributed by atoms with Gasteiger partial charge in [0.05, 0.1) is 6.04 Å². The third kappa shape index (κ3) is 6.34. The molecule has 0 bridgehead atoms. The molecule has 0 spiro atoms. The molecule has 0 radical (unpaired) electrons. The van der Waals surface area contributed by atoms with Crippen molar-refractivity contribution in [1.82, 2.24) is 10.2 Å². The highest BCUT2D eigenvalue weighted by molar-refractivity contribution is 5.86. The molecule has 0 amide bonds. The zero-order valence-electron chi connectivity index (χ0n) is 18.2. The summed E-state index contributed by atoms with van der Waals surface area (Å²) in [5.74, 6) is 0.947. The predicted molar refractivity (Wildman–Crippen MR) is 124 cm³/mol. The van der Waals surface area contributed by atoms with E-state index < -0.39 is 0 Å². The first-order valence-corrected chi connectivity index (χ1v) is 11.6. The Labute approximate surface area is 185 Å². The van der Waals surface area contributed by atoms with Gasteiger partial charge in [0.15, 0.2) is 5.78 Å². The molecular formula is C27H33FN2O. The molecule has 1 N–H and O–H groups in total. The lowest BCUT2D eigenvalue weighted by Crippen LogP contribution is -2.48. The van der Waals surface area contributed by atoms with E-state index in [1.165, 1.54) is 23.3 Å². The molecule has 2 aliphatic heterocycles. The Balaban J connectivity index is 1.17. The van der Waals surface area contributed by atoms with Gasteiger partial charge in [-0.2, -0.15) is 0 Å². The molecule has 2 aromatic rings. The van der Waals surface area contributed by atoms with Crippen molar-refractivity contribution < 1.29 is 9.18 Å². The Kier molecular flexibility index (Phi) is 7.66. The predicted octanol–water partition coefficient (Wildman–Crippen LogP) is 4.73. The minimum Gasteiger partial charge on any atom is -0.307 e. The van der Waals surface area contributed by atoms with Gasteiger partial charge < -0.3 is 5.32 Å². The van der Waals surface area contributed by atoms with Crippen molar-refractivity contribution >= 4 is 11.9 Å². The SMILES string of the molecule is O=C(C1CCN(CC=Cc2ccccc2)CC1)C1CCC(Cc2ccc(F)cc2)CN1. The van der Waals surface area contributed by atoms with Crippen LogP contribution in [0.3, 0.4) is 0 Å². The van der Waals surface area contributed by atoms with Gasteiger partial charge in [0.2, 0.25) is 0 Å². The minimum absolute atomic E-state index is 0.0130. The second-order valence-corrected chi connectivity index (χ2v) is 9.03. The summed E-state index contributed by atoms with van der Waals surface area (Å²) in [6.45, 7) is 3.81. The maximum absolute atomic E-state index is 13.1. The number of hydrogen-bond donors (Lipinski definition) is 1. The molecule has 31 heavy (non-hydrogen) atoms. The van der Waals surface area contributed by atoms with Crippen molar-refractivity contribution in [2.24, 2.45) is 11.8 Å². The average Bonchev–Trinajstić information content (AvgIpc) is 2.82. The lowest BCUT2D eigenvalue weighted by molar-refractivity contribution is -0.127. The Morgan fingerprint density at radius 2 is 1.74 bits per heavy atom. The third-order valence-electron chi connectivity index (χ3n) is 6.76. The summed E-state index contributed by atoms with van der Waals surface area (Å²) in [5.41, 5.74) is 2.40. The van der Waals surface area contributed by atoms with Gasteiger partial charge in [-0.25, -0.2) is 4.39 Å². The zero-order valence-corrected chi connectivity index (χ0v) is 18.2. The lowest BCUT2D eigenvalue weighted by Gasteiger charge is -2.35. The molecule has 3 nitrogen and oxygen atoms in total. The molecule has 2 atom stereocenters. The molecule has 0 saturated carbocycles. The summed E-state index contributed by atoms with van der Waals surface area (Å²) in [6, 6.07) is 17.2. The largest absolute Gasteiger partial charge is 0.307 e. The van der Waals surface area contributed by atoms with E-state index in [4.69, 9.17) is 0 Å². The molecule has 164 valence electrons. The molecule has 2 saturated heterocycles. The van der Waals surface area contributed by atoms with E-state index in [2.05, 4.69) is 46.6 Å². The van der Waals surface area contributed by atoms with Crippen molar-refractivity contribution in [3.8, 4) is 0 Å². The summed E-state index contributed by atoms with van der Waals surface area (Å²) >= 11 is 0. The molecule has 2 fully saturated rings. The molecule has 4 heteroatoms. The van der Waals surface area contributed by atoms with Crippen LogP contribution in [0.25, 0.3) is 6.08 Å². The van der Waals surface area contributed by atoms with Crippen molar-refractivity contribution in [3.05, 3.63) is 77.6 Å². The van der Waals surface area contributed by atoms with Crippen LogP contribution in [-0.4, -0.2) is 42.9 Å². The van der Waals surface area contributed by atoms with Crippen LogP contribution in [0.1, 0.15) is 36.8 Å². The van der Waals surface area contributed by atoms with Gasteiger partial charge >= 0.3 is 0 Å². The third-order valence-corrected chi connectivity index (χ3v) is 6.76. The smallest absolute Gasteiger partial charge is 0.152 e. The summed E-state index contributed by atoms with van der Waals surface area (Å²) in [7, 11) is 0. The monoisotopic (exact) mass is 420 g/mol. The summed E-state index contributed by atoms with van der Waals surface area (Å²) in [4.78, 5) is 15.5. The number of nitrogens with zero attached hydrogens (tertiary/aromatic N) is 1. The number of carbonyl (C=O) groups is 1. The van der Waals surface area contributed by atoms with Gasteiger partial charge in [-0.15, -0.1) is 0 Å². The molecular weight excluding hydrogens is 387 g/mol. The molecule has 2 heterocycles. The maximum Gasteiger partial charge on any atom is 0.152 e. The summed E-state index contributed by atoms with van der Waals surface area (Å²) in [5, 5.41) is 3.51. The number of piperidine rings is 2. The number of halogens is 1. The van der Waals surface area contributed by atoms with Gasteiger partial charge in [0, 0.05) is 12.5 Å². The molecule has 2 aliphatic rings. The quantitative estimate of drug-likeness (QED) is 0.703. The molecule has 2 unspecified atom stereocenters. The number of rotatable bonds is 7. The van der Waals surface area contributed by atoms with Crippen LogP contribution in [-0.2, 0) is 11.2 Å². The number of likely N-dealkylation sites (tertiary alicyclic amines) is 1. The molecule has 2 aromatic carbocycles. The number of carbonyl (C=O) groups excluding carboxylic acids is 1. The van der Waals surface area contributed by atoms with Crippen molar-refractivity contribution in [2.45, 2.75) is 38.1 Å². The Morgan fingerprint density at radius 3 is 2.42 bits per heavy atom. The highest BCUT2D eigenvalue weighted by atomic mass is 19.1. The van der Waals surface area contributed by atoms with Gasteiger partial charge in [0.25, 0.3) is 0 Å². The maximum atomic E-state index is 13.1. The van der Waals surface area contributed by atoms with E-state index in [9.17, 15) is 9.18 Å². The normalized spacial score (nSPS) is 23.3. The summed E-state index contributed by atoms with van der Waals surface area (Å²) in [6.07, 6.45) is 9.26. The Morgan fingerprint density at radius 1 is 1.00 bits per heavy atom. The van der Waals surface area contributed by atoms with Gasteiger partial charge in [-0.1, -0.05) is 54.6 Å². The van der Waals surface area contributed by atoms with Gasteiger partial charge in [0.1, 0.15) is 5.82 Å². The van der Waals surface area contributed by atoms with Crippen LogP contribution in [0, 0.1) is 17.7 Å². The topological polar surface area (TPSA) is 32.3 Å². The van der Waals surface area contributed by atoms with Gasteiger partial charge in [-0.05, 0) is 80.9 Å². The minimum atomic E-state index is -0.186. The van der Waals surface area contributed by atoms with E-state index in [0.717, 1.165) is 58.3 Å². The fourth-order valence-corrected chi connectivity index (χ4v) is 4.87. The number of hydrogen-bond acceptors (Lipinski definition) is 3. The Bertz CT molecular complexity index is 849. The van der Waals surface area contributed by atoms with Crippen molar-refractivity contribution in [1.29, 1.82) is 0 Å². The van der Waals surface area contributed by atoms with E-state index >= 15 is 0 Å². The highest BCUT2D eigenvalue weighted by Crippen LogP contribution is 2.25. The number of nitrogens with one attached hydrogen (secondary N) is 1. The first-order chi connectivity index (χ1) is 15.2. The second-order valence-electron chi connectivity index (χ2n) is 9.03. The van der Waals surface area contributed by atoms with E-state index in [0.29, 0.717) is 11.7 Å². The van der Waals surface area contributed by atoms with E-state index in [1.807, 2.05) is 18.2 Å². The van der Waals surface area contributed by atoms with Crippen LogP contribution < -0.4 is 5.32 Å². The number of benzene rings is 2. The summed E-state index contributed by atoms with van der Waals surface area (Å²) < 4.78 is 13.1. The first-order valence-electron chi connectivity index (χ1n) is 11.6. The fraction of sp³-hybridized carbons (Fsp3) is 0.444.